The Balaban J connectivity index is 4.42. The van der Waals surface area contributed by atoms with Crippen LogP contribution in [-0.2, 0) is 9.53 Å². The van der Waals surface area contributed by atoms with Gasteiger partial charge < -0.3 is 9.84 Å². The molecule has 6 heteroatoms. The first-order valence-corrected chi connectivity index (χ1v) is 3.53. The molecule has 0 spiro atoms. The van der Waals surface area contributed by atoms with Gasteiger partial charge in [0.05, 0.1) is 12.8 Å². The van der Waals surface area contributed by atoms with Crippen LogP contribution < -0.4 is 0 Å². The summed E-state index contributed by atoms with van der Waals surface area (Å²) in [6.45, 7) is 1.72. The van der Waals surface area contributed by atoms with E-state index in [1.54, 1.807) is 6.92 Å². The second-order valence-corrected chi connectivity index (χ2v) is 1.99. The highest BCUT2D eigenvalue weighted by atomic mass is 16.5. The van der Waals surface area contributed by atoms with Crippen molar-refractivity contribution in [1.82, 2.24) is 0 Å². The SMILES string of the molecule is CCC(=CC(=O)OC)N=NC(=O)O. The standard InChI is InChI=1S/C7H10N2O4/c1-3-5(4-6(10)13-2)8-9-7(11)12/h4H,3H2,1-2H3,(H,11,12). The molecule has 0 rings (SSSR count). The molecule has 1 amide bonds. The van der Waals surface area contributed by atoms with E-state index in [2.05, 4.69) is 15.0 Å². The summed E-state index contributed by atoms with van der Waals surface area (Å²) >= 11 is 0. The predicted octanol–water partition coefficient (Wildman–Crippen LogP) is 1.58. The van der Waals surface area contributed by atoms with E-state index in [0.717, 1.165) is 6.08 Å². The number of nitrogens with zero attached hydrogens (tertiary/aromatic N) is 2. The van der Waals surface area contributed by atoms with Gasteiger partial charge in [0.15, 0.2) is 0 Å². The average Bonchev–Trinajstić information content (AvgIpc) is 2.11. The molecule has 0 heterocycles. The van der Waals surface area contributed by atoms with E-state index in [1.807, 2.05) is 0 Å². The van der Waals surface area contributed by atoms with Gasteiger partial charge in [-0.05, 0) is 6.42 Å². The van der Waals surface area contributed by atoms with Crippen molar-refractivity contribution in [2.24, 2.45) is 10.2 Å². The Labute approximate surface area is 74.9 Å². The quantitative estimate of drug-likeness (QED) is 0.411. The molecule has 0 atom stereocenters. The summed E-state index contributed by atoms with van der Waals surface area (Å²) in [5.74, 6) is -0.582. The minimum absolute atomic E-state index is 0.259. The molecular weight excluding hydrogens is 176 g/mol. The number of azo groups is 1. The van der Waals surface area contributed by atoms with Crippen LogP contribution in [0.5, 0.6) is 0 Å². The molecule has 1 N–H and O–H groups in total. The second kappa shape index (κ2) is 5.87. The van der Waals surface area contributed by atoms with Gasteiger partial charge >= 0.3 is 12.1 Å². The smallest absolute Gasteiger partial charge is 0.449 e. The van der Waals surface area contributed by atoms with Gasteiger partial charge in [-0.15, -0.1) is 5.11 Å². The van der Waals surface area contributed by atoms with Crippen LogP contribution in [0.2, 0.25) is 0 Å². The first kappa shape index (κ1) is 11.3. The van der Waals surface area contributed by atoms with E-state index in [1.165, 1.54) is 7.11 Å². The summed E-state index contributed by atoms with van der Waals surface area (Å²) in [6, 6.07) is 0. The van der Waals surface area contributed by atoms with Gasteiger partial charge in [0.2, 0.25) is 0 Å². The highest BCUT2D eigenvalue weighted by Crippen LogP contribution is 2.03. The largest absolute Gasteiger partial charge is 0.466 e. The Morgan fingerprint density at radius 3 is 2.46 bits per heavy atom. The number of hydrogen-bond acceptors (Lipinski definition) is 4. The lowest BCUT2D eigenvalue weighted by atomic mass is 10.3. The summed E-state index contributed by atoms with van der Waals surface area (Å²) in [6.07, 6.45) is 0.0995. The number of allylic oxidation sites excluding steroid dienone is 1. The molecule has 0 aliphatic rings. The Kier molecular flexibility index (Phi) is 5.09. The van der Waals surface area contributed by atoms with Crippen LogP contribution in [0.3, 0.4) is 0 Å². The van der Waals surface area contributed by atoms with E-state index >= 15 is 0 Å². The number of esters is 1. The van der Waals surface area contributed by atoms with Crippen LogP contribution in [0.15, 0.2) is 22.0 Å². The van der Waals surface area contributed by atoms with Gasteiger partial charge in [-0.3, -0.25) is 0 Å². The highest BCUT2D eigenvalue weighted by molar-refractivity contribution is 5.82. The first-order valence-electron chi connectivity index (χ1n) is 3.53. The number of carbonyl (C=O) groups is 2. The Bertz CT molecular complexity index is 257. The molecule has 6 nitrogen and oxygen atoms in total. The molecule has 0 aliphatic carbocycles. The zero-order valence-corrected chi connectivity index (χ0v) is 7.35. The lowest BCUT2D eigenvalue weighted by Crippen LogP contribution is -1.96. The predicted molar refractivity (Wildman–Crippen MR) is 43.3 cm³/mol. The topological polar surface area (TPSA) is 88.3 Å². The normalized spacial score (nSPS) is 11.7. The van der Waals surface area contributed by atoms with Gasteiger partial charge in [0, 0.05) is 6.08 Å². The van der Waals surface area contributed by atoms with E-state index in [-0.39, 0.29) is 5.70 Å². The van der Waals surface area contributed by atoms with Crippen LogP contribution in [-0.4, -0.2) is 24.3 Å². The molecule has 0 aromatic heterocycles. The Hall–Kier alpha value is -1.72. The maximum atomic E-state index is 10.7. The third-order valence-electron chi connectivity index (χ3n) is 1.11. The van der Waals surface area contributed by atoms with E-state index in [4.69, 9.17) is 5.11 Å². The van der Waals surface area contributed by atoms with Crippen LogP contribution in [0.1, 0.15) is 13.3 Å². The van der Waals surface area contributed by atoms with Gasteiger partial charge in [0.25, 0.3) is 0 Å². The van der Waals surface area contributed by atoms with Crippen molar-refractivity contribution < 1.29 is 19.4 Å². The fraction of sp³-hybridized carbons (Fsp3) is 0.429. The third kappa shape index (κ3) is 5.54. The van der Waals surface area contributed by atoms with Crippen molar-refractivity contribution in [3.8, 4) is 0 Å². The third-order valence-corrected chi connectivity index (χ3v) is 1.11. The molecule has 0 aromatic carbocycles. The molecule has 0 saturated heterocycles. The summed E-state index contributed by atoms with van der Waals surface area (Å²) < 4.78 is 4.32. The molecule has 0 aromatic rings. The minimum atomic E-state index is -1.40. The number of carbonyl (C=O) groups excluding carboxylic acids is 1. The molecule has 0 fully saturated rings. The molecule has 0 unspecified atom stereocenters. The molecular formula is C7H10N2O4. The lowest BCUT2D eigenvalue weighted by Gasteiger charge is -1.93. The monoisotopic (exact) mass is 186 g/mol. The van der Waals surface area contributed by atoms with Gasteiger partial charge in [-0.2, -0.15) is 0 Å². The molecule has 72 valence electrons. The second-order valence-electron chi connectivity index (χ2n) is 1.99. The average molecular weight is 186 g/mol. The fourth-order valence-electron chi connectivity index (χ4n) is 0.504. The van der Waals surface area contributed by atoms with Crippen molar-refractivity contribution in [1.29, 1.82) is 0 Å². The summed E-state index contributed by atoms with van der Waals surface area (Å²) in [4.78, 5) is 20.6. The zero-order chi connectivity index (χ0) is 10.3. The number of methoxy groups -OCH3 is 1. The van der Waals surface area contributed by atoms with Crippen LogP contribution in [0, 0.1) is 0 Å². The van der Waals surface area contributed by atoms with Crippen LogP contribution >= 0.6 is 0 Å². The minimum Gasteiger partial charge on any atom is -0.466 e. The van der Waals surface area contributed by atoms with Crippen molar-refractivity contribution in [3.63, 3.8) is 0 Å². The van der Waals surface area contributed by atoms with Gasteiger partial charge in [-0.1, -0.05) is 12.0 Å². The summed E-state index contributed by atoms with van der Waals surface area (Å²) in [5.41, 5.74) is 0.259. The van der Waals surface area contributed by atoms with E-state index < -0.39 is 12.1 Å². The van der Waals surface area contributed by atoms with Crippen LogP contribution in [0.4, 0.5) is 4.79 Å². The molecule has 0 bridgehead atoms. The van der Waals surface area contributed by atoms with Crippen molar-refractivity contribution in [2.75, 3.05) is 7.11 Å². The molecule has 0 saturated carbocycles. The van der Waals surface area contributed by atoms with Crippen molar-refractivity contribution in [2.45, 2.75) is 13.3 Å². The molecule has 0 aliphatic heterocycles. The highest BCUT2D eigenvalue weighted by Gasteiger charge is 1.99. The number of carboxylic acid groups (broad SMARTS) is 1. The Morgan fingerprint density at radius 1 is 1.46 bits per heavy atom. The lowest BCUT2D eigenvalue weighted by molar-refractivity contribution is -0.134. The van der Waals surface area contributed by atoms with Crippen LogP contribution in [0.25, 0.3) is 0 Å². The van der Waals surface area contributed by atoms with Gasteiger partial charge in [-0.25, -0.2) is 9.59 Å². The first-order chi connectivity index (χ1) is 6.10. The van der Waals surface area contributed by atoms with Gasteiger partial charge in [0.1, 0.15) is 0 Å². The fourth-order valence-corrected chi connectivity index (χ4v) is 0.504. The number of rotatable bonds is 3. The Morgan fingerprint density at radius 2 is 2.08 bits per heavy atom. The summed E-state index contributed by atoms with van der Waals surface area (Å²) in [5, 5.41) is 14.3. The molecule has 13 heavy (non-hydrogen) atoms. The van der Waals surface area contributed by atoms with E-state index in [0.29, 0.717) is 6.42 Å². The zero-order valence-electron chi connectivity index (χ0n) is 7.35. The number of amides is 1. The van der Waals surface area contributed by atoms with E-state index in [9.17, 15) is 9.59 Å². The number of hydrogen-bond donors (Lipinski definition) is 1. The number of ether oxygens (including phenoxy) is 1. The maximum absolute atomic E-state index is 10.7. The summed E-state index contributed by atoms with van der Waals surface area (Å²) in [7, 11) is 1.22. The molecule has 0 radical (unpaired) electrons. The van der Waals surface area contributed by atoms with Crippen molar-refractivity contribution >= 4 is 12.1 Å². The van der Waals surface area contributed by atoms with Crippen molar-refractivity contribution in [3.05, 3.63) is 11.8 Å². The maximum Gasteiger partial charge on any atom is 0.449 e.